The van der Waals surface area contributed by atoms with E-state index in [0.29, 0.717) is 70.7 Å². The summed E-state index contributed by atoms with van der Waals surface area (Å²) in [7, 11) is 0. The highest BCUT2D eigenvalue weighted by Crippen LogP contribution is 2.49. The molecule has 12 heteroatoms. The van der Waals surface area contributed by atoms with Gasteiger partial charge in [0.25, 0.3) is 0 Å². The molecule has 2 saturated heterocycles. The van der Waals surface area contributed by atoms with E-state index >= 15 is 8.78 Å². The van der Waals surface area contributed by atoms with Crippen LogP contribution >= 0.6 is 0 Å². The summed E-state index contributed by atoms with van der Waals surface area (Å²) in [6, 6.07) is 5.80. The lowest BCUT2D eigenvalue weighted by atomic mass is 9.81. The van der Waals surface area contributed by atoms with E-state index in [2.05, 4.69) is 18.7 Å². The Morgan fingerprint density at radius 2 is 1.87 bits per heavy atom. The van der Waals surface area contributed by atoms with Gasteiger partial charge in [0.05, 0.1) is 49.8 Å². The van der Waals surface area contributed by atoms with Crippen LogP contribution in [0.3, 0.4) is 0 Å². The normalized spacial score (nSPS) is 26.2. The minimum absolute atomic E-state index is 0.0113. The summed E-state index contributed by atoms with van der Waals surface area (Å²) < 4.78 is 51.5. The molecule has 290 valence electrons. The number of aryl methyl sites for hydroxylation is 1. The molecule has 2 aliphatic heterocycles. The highest BCUT2D eigenvalue weighted by atomic mass is 19.1. The predicted molar refractivity (Wildman–Crippen MR) is 208 cm³/mol. The minimum Gasteiger partial charge on any atom is -0.508 e. The molecule has 3 aromatic rings. The standard InChI is InChI=1S/C42H53F2N5O5/c1-8-29-32(43)11-10-27-16-28(50)17-31(33(27)29)34-36(44)38-35(30(9-2)37(34)45-24(3)4)39(49-14-15-52-22-41(7,51)20-49)47-40(46-38)53-23-42(12-13-42)21-48-18-25(5)54-26(6)19-48/h9-11,16-17,24-26,50-51H,8,12-15,18-23H2,1-7H3/b30-9-,45-37?. The first-order valence-electron chi connectivity index (χ1n) is 19.3. The van der Waals surface area contributed by atoms with Gasteiger partial charge in [-0.25, -0.2) is 8.78 Å². The van der Waals surface area contributed by atoms with Crippen molar-refractivity contribution < 1.29 is 33.2 Å². The third-order valence-electron chi connectivity index (χ3n) is 10.8. The third kappa shape index (κ3) is 7.63. The van der Waals surface area contributed by atoms with Gasteiger partial charge in [-0.3, -0.25) is 9.89 Å². The molecule has 2 aromatic carbocycles. The van der Waals surface area contributed by atoms with Crippen LogP contribution in [-0.2, 0) is 15.9 Å². The van der Waals surface area contributed by atoms with Crippen LogP contribution in [0.5, 0.6) is 11.8 Å². The van der Waals surface area contributed by atoms with E-state index in [9.17, 15) is 10.2 Å². The van der Waals surface area contributed by atoms with Crippen molar-refractivity contribution in [3.8, 4) is 11.8 Å². The number of aromatic nitrogens is 2. The van der Waals surface area contributed by atoms with E-state index in [1.807, 2.05) is 38.7 Å². The molecule has 2 N–H and O–H groups in total. The summed E-state index contributed by atoms with van der Waals surface area (Å²) in [5.74, 6) is -0.770. The Bertz CT molecular complexity index is 2010. The monoisotopic (exact) mass is 745 g/mol. The first-order chi connectivity index (χ1) is 25.7. The van der Waals surface area contributed by atoms with Gasteiger partial charge in [0.1, 0.15) is 28.7 Å². The van der Waals surface area contributed by atoms with Gasteiger partial charge in [-0.15, -0.1) is 0 Å². The summed E-state index contributed by atoms with van der Waals surface area (Å²) in [5, 5.41) is 23.3. The highest BCUT2D eigenvalue weighted by molar-refractivity contribution is 6.51. The van der Waals surface area contributed by atoms with E-state index in [4.69, 9.17) is 29.2 Å². The van der Waals surface area contributed by atoms with Crippen LogP contribution < -0.4 is 9.64 Å². The Morgan fingerprint density at radius 3 is 2.54 bits per heavy atom. The number of nitrogens with zero attached hydrogens (tertiary/aromatic N) is 5. The van der Waals surface area contributed by atoms with Crippen molar-refractivity contribution >= 4 is 39.3 Å². The first-order valence-corrected chi connectivity index (χ1v) is 19.3. The smallest absolute Gasteiger partial charge is 0.319 e. The second-order valence-corrected chi connectivity index (χ2v) is 16.2. The molecule has 0 amide bonds. The Kier molecular flexibility index (Phi) is 10.6. The number of allylic oxidation sites excluding steroid dienone is 3. The third-order valence-corrected chi connectivity index (χ3v) is 10.8. The second kappa shape index (κ2) is 14.9. The van der Waals surface area contributed by atoms with Gasteiger partial charge in [-0.05, 0) is 101 Å². The first kappa shape index (κ1) is 38.3. The molecule has 3 atom stereocenters. The lowest BCUT2D eigenvalue weighted by Gasteiger charge is -2.37. The fourth-order valence-electron chi connectivity index (χ4n) is 8.38. The fourth-order valence-corrected chi connectivity index (χ4v) is 8.38. The van der Waals surface area contributed by atoms with E-state index in [0.717, 1.165) is 32.5 Å². The predicted octanol–water partition coefficient (Wildman–Crippen LogP) is 7.00. The summed E-state index contributed by atoms with van der Waals surface area (Å²) in [6.07, 6.45) is 4.50. The number of anilines is 1. The van der Waals surface area contributed by atoms with Crippen LogP contribution in [0.1, 0.15) is 83.7 Å². The molecule has 7 rings (SSSR count). The van der Waals surface area contributed by atoms with Crippen LogP contribution in [0.2, 0.25) is 0 Å². The zero-order valence-electron chi connectivity index (χ0n) is 32.5. The maximum Gasteiger partial charge on any atom is 0.319 e. The minimum atomic E-state index is -1.21. The van der Waals surface area contributed by atoms with Gasteiger partial charge in [-0.1, -0.05) is 19.1 Å². The van der Waals surface area contributed by atoms with Crippen LogP contribution in [-0.4, -0.2) is 107 Å². The quantitative estimate of drug-likeness (QED) is 0.239. The van der Waals surface area contributed by atoms with Crippen LogP contribution in [0.4, 0.5) is 14.6 Å². The van der Waals surface area contributed by atoms with Crippen molar-refractivity contribution in [3.63, 3.8) is 0 Å². The van der Waals surface area contributed by atoms with Crippen molar-refractivity contribution in [3.05, 3.63) is 58.5 Å². The number of hydrogen-bond acceptors (Lipinski definition) is 10. The number of morpholine rings is 1. The van der Waals surface area contributed by atoms with Gasteiger partial charge in [-0.2, -0.15) is 9.97 Å². The average molecular weight is 746 g/mol. The molecule has 0 spiro atoms. The second-order valence-electron chi connectivity index (χ2n) is 16.2. The number of halogens is 2. The number of aliphatic imine (C=N–C) groups is 1. The number of fused-ring (bicyclic) bond motifs is 2. The molecule has 3 fully saturated rings. The largest absolute Gasteiger partial charge is 0.508 e. The summed E-state index contributed by atoms with van der Waals surface area (Å²) in [6.45, 7) is 17.4. The number of ether oxygens (including phenoxy) is 3. The number of β-amino-alcohol motifs (C(OH)–C–C–N with tert-alkyl or cyclic N) is 1. The van der Waals surface area contributed by atoms with Crippen LogP contribution in [0.25, 0.3) is 27.7 Å². The Balaban J connectivity index is 1.41. The van der Waals surface area contributed by atoms with E-state index in [-0.39, 0.29) is 59.8 Å². The van der Waals surface area contributed by atoms with E-state index in [1.165, 1.54) is 12.1 Å². The van der Waals surface area contributed by atoms with Gasteiger partial charge in [0.15, 0.2) is 5.83 Å². The number of phenolic OH excluding ortho intramolecular Hbond substituents is 1. The molecule has 1 aromatic heterocycles. The van der Waals surface area contributed by atoms with Gasteiger partial charge < -0.3 is 29.3 Å². The molecule has 0 radical (unpaired) electrons. The number of rotatable bonds is 9. The van der Waals surface area contributed by atoms with Crippen LogP contribution in [0.15, 0.2) is 35.3 Å². The molecule has 0 bridgehead atoms. The molecule has 10 nitrogen and oxygen atoms in total. The molecule has 4 aliphatic rings. The molecule has 3 heterocycles. The number of aliphatic hydroxyl groups is 1. The Labute approximate surface area is 316 Å². The maximum absolute atomic E-state index is 17.9. The Morgan fingerprint density at radius 1 is 1.13 bits per heavy atom. The van der Waals surface area contributed by atoms with Crippen LogP contribution in [0, 0.1) is 11.2 Å². The van der Waals surface area contributed by atoms with Crippen molar-refractivity contribution in [2.45, 2.75) is 91.6 Å². The number of hydrogen-bond donors (Lipinski definition) is 2. The zero-order chi connectivity index (χ0) is 38.5. The van der Waals surface area contributed by atoms with Crippen molar-refractivity contribution in [2.75, 3.05) is 57.4 Å². The van der Waals surface area contributed by atoms with Gasteiger partial charge >= 0.3 is 6.01 Å². The van der Waals surface area contributed by atoms with Crippen molar-refractivity contribution in [1.82, 2.24) is 14.9 Å². The molecule has 1 saturated carbocycles. The van der Waals surface area contributed by atoms with Gasteiger partial charge in [0.2, 0.25) is 0 Å². The topological polar surface area (TPSA) is 113 Å². The number of phenols is 1. The molecule has 2 aliphatic carbocycles. The molecular weight excluding hydrogens is 692 g/mol. The summed E-state index contributed by atoms with van der Waals surface area (Å²) in [4.78, 5) is 19.1. The lowest BCUT2D eigenvalue weighted by molar-refractivity contribution is -0.0741. The fraction of sp³-hybridized carbons (Fsp3) is 0.548. The maximum atomic E-state index is 17.9. The van der Waals surface area contributed by atoms with Crippen molar-refractivity contribution in [1.29, 1.82) is 0 Å². The summed E-state index contributed by atoms with van der Waals surface area (Å²) in [5.41, 5.74) is 0.925. The van der Waals surface area contributed by atoms with Gasteiger partial charge in [0, 0.05) is 48.8 Å². The van der Waals surface area contributed by atoms with Crippen molar-refractivity contribution in [2.24, 2.45) is 10.4 Å². The zero-order valence-corrected chi connectivity index (χ0v) is 32.5. The lowest BCUT2D eigenvalue weighted by Crippen LogP contribution is -2.48. The SMILES string of the molecule is C/C=C1\C(=NC(C)C)C(c2cc(O)cc3ccc(F)c(CC)c23)=C(F)c2nc(OCC3(CN4CC(C)OC(C)C4)CC3)nc(N3CCOCC(C)(O)C3)c21. The number of aromatic hydroxyl groups is 1. The Hall–Kier alpha value is -3.97. The van der Waals surface area contributed by atoms with E-state index < -0.39 is 17.2 Å². The number of benzene rings is 2. The van der Waals surface area contributed by atoms with E-state index in [1.54, 1.807) is 19.1 Å². The summed E-state index contributed by atoms with van der Waals surface area (Å²) >= 11 is 0. The average Bonchev–Trinajstić information content (AvgIpc) is 3.89. The molecular formula is C42H53F2N5O5. The molecule has 3 unspecified atom stereocenters. The highest BCUT2D eigenvalue weighted by Gasteiger charge is 2.46. The molecule has 54 heavy (non-hydrogen) atoms.